The minimum atomic E-state index is -0.363. The Labute approximate surface area is 170 Å². The molecule has 0 unspecified atom stereocenters. The number of rotatable bonds is 5. The Hall–Kier alpha value is -2.92. The molecule has 3 aromatic rings. The van der Waals surface area contributed by atoms with Crippen molar-refractivity contribution in [2.24, 2.45) is 0 Å². The van der Waals surface area contributed by atoms with E-state index in [2.05, 4.69) is 5.32 Å². The number of ether oxygens (including phenoxy) is 2. The van der Waals surface area contributed by atoms with E-state index in [0.29, 0.717) is 28.0 Å². The summed E-state index contributed by atoms with van der Waals surface area (Å²) in [6, 6.07) is 14.0. The molecule has 5 nitrogen and oxygen atoms in total. The van der Waals surface area contributed by atoms with Gasteiger partial charge in [-0.05, 0) is 43.3 Å². The van der Waals surface area contributed by atoms with Crippen LogP contribution in [0.25, 0.3) is 11.3 Å². The largest absolute Gasteiger partial charge is 0.496 e. The van der Waals surface area contributed by atoms with Crippen LogP contribution in [0.3, 0.4) is 0 Å². The molecule has 0 bridgehead atoms. The number of carbonyl (C=O) groups excluding carboxylic acids is 1. The van der Waals surface area contributed by atoms with Gasteiger partial charge in [-0.25, -0.2) is 0 Å². The zero-order valence-corrected chi connectivity index (χ0v) is 17.4. The third-order valence-corrected chi connectivity index (χ3v) is 4.22. The van der Waals surface area contributed by atoms with Gasteiger partial charge in [-0.1, -0.05) is 25.4 Å². The zero-order valence-electron chi connectivity index (χ0n) is 16.6. The second-order valence-electron chi connectivity index (χ2n) is 5.63. The quantitative estimate of drug-likeness (QED) is 0.552. The molecule has 0 aliphatic rings. The van der Waals surface area contributed by atoms with Crippen molar-refractivity contribution in [1.82, 2.24) is 0 Å². The fourth-order valence-electron chi connectivity index (χ4n) is 2.58. The van der Waals surface area contributed by atoms with Gasteiger partial charge in [0, 0.05) is 34.0 Å². The zero-order chi connectivity index (χ0) is 20.7. The third-order valence-electron chi connectivity index (χ3n) is 3.97. The predicted molar refractivity (Wildman–Crippen MR) is 113 cm³/mol. The fraction of sp³-hybridized carbons (Fsp3) is 0.227. The van der Waals surface area contributed by atoms with E-state index in [0.717, 1.165) is 11.1 Å². The molecule has 3 rings (SSSR count). The highest BCUT2D eigenvalue weighted by atomic mass is 35.5. The lowest BCUT2D eigenvalue weighted by Crippen LogP contribution is -2.11. The molecule has 1 heterocycles. The molecule has 0 aliphatic carbocycles. The van der Waals surface area contributed by atoms with Gasteiger partial charge in [-0.3, -0.25) is 4.79 Å². The smallest absolute Gasteiger partial charge is 0.291 e. The summed E-state index contributed by atoms with van der Waals surface area (Å²) in [7, 11) is 3.14. The molecule has 1 amide bonds. The highest BCUT2D eigenvalue weighted by Gasteiger charge is 2.15. The lowest BCUT2D eigenvalue weighted by molar-refractivity contribution is 0.0997. The first-order valence-corrected chi connectivity index (χ1v) is 9.29. The monoisotopic (exact) mass is 401 g/mol. The number of carbonyl (C=O) groups is 1. The number of anilines is 1. The number of amides is 1. The second-order valence-corrected chi connectivity index (χ2v) is 6.07. The van der Waals surface area contributed by atoms with Crippen LogP contribution in [0.15, 0.2) is 52.9 Å². The average Bonchev–Trinajstić information content (AvgIpc) is 3.21. The highest BCUT2D eigenvalue weighted by Crippen LogP contribution is 2.32. The Balaban J connectivity index is 0.00000136. The Morgan fingerprint density at radius 3 is 2.07 bits per heavy atom. The average molecular weight is 402 g/mol. The molecule has 0 atom stereocenters. The SMILES string of the molecule is CC.COc1cc(NC(=O)c2ccc(-c3ccc(Cl)cc3)o2)cc(OC)c1C. The topological polar surface area (TPSA) is 60.7 Å². The van der Waals surface area contributed by atoms with Crippen molar-refractivity contribution in [2.45, 2.75) is 20.8 Å². The summed E-state index contributed by atoms with van der Waals surface area (Å²) in [5.74, 6) is 1.68. The van der Waals surface area contributed by atoms with Gasteiger partial charge >= 0.3 is 0 Å². The molecule has 148 valence electrons. The van der Waals surface area contributed by atoms with E-state index in [9.17, 15) is 4.79 Å². The van der Waals surface area contributed by atoms with Gasteiger partial charge in [0.1, 0.15) is 17.3 Å². The van der Waals surface area contributed by atoms with Gasteiger partial charge in [0.2, 0.25) is 0 Å². The van der Waals surface area contributed by atoms with Crippen LogP contribution in [0, 0.1) is 6.92 Å². The van der Waals surface area contributed by atoms with Crippen LogP contribution in [0.2, 0.25) is 5.02 Å². The van der Waals surface area contributed by atoms with Gasteiger partial charge in [0.05, 0.1) is 14.2 Å². The van der Waals surface area contributed by atoms with Crippen molar-refractivity contribution in [3.8, 4) is 22.8 Å². The number of nitrogens with one attached hydrogen (secondary N) is 1. The highest BCUT2D eigenvalue weighted by molar-refractivity contribution is 6.30. The van der Waals surface area contributed by atoms with Crippen molar-refractivity contribution < 1.29 is 18.7 Å². The van der Waals surface area contributed by atoms with Crippen LogP contribution < -0.4 is 14.8 Å². The van der Waals surface area contributed by atoms with Crippen molar-refractivity contribution in [1.29, 1.82) is 0 Å². The number of hydrogen-bond acceptors (Lipinski definition) is 4. The summed E-state index contributed by atoms with van der Waals surface area (Å²) in [5, 5.41) is 3.43. The van der Waals surface area contributed by atoms with Gasteiger partial charge in [-0.2, -0.15) is 0 Å². The van der Waals surface area contributed by atoms with Gasteiger partial charge in [0.15, 0.2) is 5.76 Å². The van der Waals surface area contributed by atoms with Crippen LogP contribution in [-0.2, 0) is 0 Å². The second kappa shape index (κ2) is 9.85. The predicted octanol–water partition coefficient (Wildman–Crippen LogP) is 6.20. The first-order valence-electron chi connectivity index (χ1n) is 8.91. The van der Waals surface area contributed by atoms with Crippen molar-refractivity contribution >= 4 is 23.2 Å². The molecule has 2 aromatic carbocycles. The van der Waals surface area contributed by atoms with E-state index >= 15 is 0 Å². The molecule has 0 saturated heterocycles. The first-order chi connectivity index (χ1) is 13.5. The van der Waals surface area contributed by atoms with E-state index in [1.807, 2.05) is 32.9 Å². The molecule has 0 fully saturated rings. The molecular weight excluding hydrogens is 378 g/mol. The summed E-state index contributed by atoms with van der Waals surface area (Å²) < 4.78 is 16.3. The Bertz CT molecular complexity index is 907. The molecule has 28 heavy (non-hydrogen) atoms. The van der Waals surface area contributed by atoms with Crippen LogP contribution in [0.5, 0.6) is 11.5 Å². The molecule has 0 saturated carbocycles. The summed E-state index contributed by atoms with van der Waals surface area (Å²) >= 11 is 5.89. The van der Waals surface area contributed by atoms with Crippen molar-refractivity contribution in [2.75, 3.05) is 19.5 Å². The maximum Gasteiger partial charge on any atom is 0.291 e. The van der Waals surface area contributed by atoms with Gasteiger partial charge in [-0.15, -0.1) is 0 Å². The van der Waals surface area contributed by atoms with Crippen LogP contribution in [-0.4, -0.2) is 20.1 Å². The van der Waals surface area contributed by atoms with E-state index in [4.69, 9.17) is 25.5 Å². The minimum absolute atomic E-state index is 0.202. The van der Waals surface area contributed by atoms with E-state index in [1.165, 1.54) is 0 Å². The molecule has 0 radical (unpaired) electrons. The van der Waals surface area contributed by atoms with Crippen molar-refractivity contribution in [3.63, 3.8) is 0 Å². The van der Waals surface area contributed by atoms with Crippen LogP contribution >= 0.6 is 11.6 Å². The Kier molecular flexibility index (Phi) is 7.52. The number of furan rings is 1. The fourth-order valence-corrected chi connectivity index (χ4v) is 2.71. The minimum Gasteiger partial charge on any atom is -0.496 e. The summed E-state index contributed by atoms with van der Waals surface area (Å²) in [4.78, 5) is 12.5. The van der Waals surface area contributed by atoms with Crippen LogP contribution in [0.1, 0.15) is 30.0 Å². The maximum absolute atomic E-state index is 12.5. The van der Waals surface area contributed by atoms with E-state index in [-0.39, 0.29) is 11.7 Å². The lowest BCUT2D eigenvalue weighted by Gasteiger charge is -2.12. The number of hydrogen-bond donors (Lipinski definition) is 1. The van der Waals surface area contributed by atoms with Crippen LogP contribution in [0.4, 0.5) is 5.69 Å². The number of methoxy groups -OCH3 is 2. The Morgan fingerprint density at radius 2 is 1.54 bits per heavy atom. The van der Waals surface area contributed by atoms with E-state index in [1.54, 1.807) is 50.6 Å². The number of benzene rings is 2. The third kappa shape index (κ3) is 4.87. The molecule has 6 heteroatoms. The molecule has 1 N–H and O–H groups in total. The summed E-state index contributed by atoms with van der Waals surface area (Å²) in [6.07, 6.45) is 0. The molecular formula is C22H24ClNO4. The summed E-state index contributed by atoms with van der Waals surface area (Å²) in [5.41, 5.74) is 2.25. The Morgan fingerprint density at radius 1 is 0.964 bits per heavy atom. The van der Waals surface area contributed by atoms with E-state index < -0.39 is 0 Å². The van der Waals surface area contributed by atoms with Gasteiger partial charge < -0.3 is 19.2 Å². The lowest BCUT2D eigenvalue weighted by atomic mass is 10.1. The molecule has 1 aromatic heterocycles. The summed E-state index contributed by atoms with van der Waals surface area (Å²) in [6.45, 7) is 5.88. The standard InChI is InChI=1S/C20H18ClNO4.C2H6/c1-12-18(24-2)10-15(11-19(12)25-3)22-20(23)17-9-8-16(26-17)13-4-6-14(21)7-5-13;1-2/h4-11H,1-3H3,(H,22,23);1-2H3. The van der Waals surface area contributed by atoms with Crippen molar-refractivity contribution in [3.05, 3.63) is 64.9 Å². The van der Waals surface area contributed by atoms with Gasteiger partial charge in [0.25, 0.3) is 5.91 Å². The molecule has 0 aliphatic heterocycles. The molecule has 0 spiro atoms. The normalized spacial score (nSPS) is 9.93. The number of halogens is 1. The first kappa shape index (κ1) is 21.4. The maximum atomic E-state index is 12.5.